The van der Waals surface area contributed by atoms with Crippen LogP contribution in [0.1, 0.15) is 28.7 Å². The number of nitrogens with zero attached hydrogens (tertiary/aromatic N) is 2. The molecule has 1 atom stereocenters. The average Bonchev–Trinajstić information content (AvgIpc) is 2.79. The molecule has 0 saturated heterocycles. The predicted molar refractivity (Wildman–Crippen MR) is 70.9 cm³/mol. The molecular formula is C14H13F3N2O3. The van der Waals surface area contributed by atoms with E-state index in [9.17, 15) is 23.1 Å². The van der Waals surface area contributed by atoms with Crippen LogP contribution in [0, 0.1) is 6.92 Å². The number of alkyl halides is 3. The molecule has 0 aliphatic heterocycles. The number of carbonyl (C=O) groups is 1. The lowest BCUT2D eigenvalue weighted by Gasteiger charge is -2.28. The number of halogens is 3. The Kier molecular flexibility index (Phi) is 3.74. The lowest BCUT2D eigenvalue weighted by atomic mass is 9.93. The zero-order valence-electron chi connectivity index (χ0n) is 11.7. The van der Waals surface area contributed by atoms with Gasteiger partial charge in [-0.25, -0.2) is 9.48 Å². The summed E-state index contributed by atoms with van der Waals surface area (Å²) in [7, 11) is 0. The third-order valence-corrected chi connectivity index (χ3v) is 3.32. The SMILES string of the molecule is Cc1cc(C(=O)O)nn1-c1ccccc1C(C)(O)C(F)(F)F. The Hall–Kier alpha value is -2.35. The van der Waals surface area contributed by atoms with Crippen LogP contribution < -0.4 is 0 Å². The lowest BCUT2D eigenvalue weighted by molar-refractivity contribution is -0.258. The molecule has 8 heteroatoms. The summed E-state index contributed by atoms with van der Waals surface area (Å²) in [6.07, 6.45) is -4.89. The van der Waals surface area contributed by atoms with Crippen LogP contribution in [0.15, 0.2) is 30.3 Å². The predicted octanol–water partition coefficient (Wildman–Crippen LogP) is 2.65. The minimum atomic E-state index is -4.89. The Bertz CT molecular complexity index is 720. The average molecular weight is 314 g/mol. The number of hydrogen-bond donors (Lipinski definition) is 2. The number of aromatic carboxylic acids is 1. The Labute approximate surface area is 123 Å². The molecule has 0 spiro atoms. The minimum absolute atomic E-state index is 0.0326. The van der Waals surface area contributed by atoms with Gasteiger partial charge in [-0.3, -0.25) is 0 Å². The van der Waals surface area contributed by atoms with Crippen LogP contribution in [-0.2, 0) is 5.60 Å². The van der Waals surface area contributed by atoms with Crippen LogP contribution >= 0.6 is 0 Å². The van der Waals surface area contributed by atoms with E-state index in [1.54, 1.807) is 0 Å². The van der Waals surface area contributed by atoms with E-state index < -0.39 is 23.3 Å². The molecule has 1 aromatic heterocycles. The zero-order valence-corrected chi connectivity index (χ0v) is 11.7. The second-order valence-corrected chi connectivity index (χ2v) is 4.98. The fourth-order valence-electron chi connectivity index (χ4n) is 2.05. The van der Waals surface area contributed by atoms with E-state index in [4.69, 9.17) is 5.11 Å². The van der Waals surface area contributed by atoms with Crippen LogP contribution in [0.2, 0.25) is 0 Å². The van der Waals surface area contributed by atoms with Crippen molar-refractivity contribution in [3.05, 3.63) is 47.3 Å². The summed E-state index contributed by atoms with van der Waals surface area (Å²) in [6, 6.07) is 6.54. The van der Waals surface area contributed by atoms with Gasteiger partial charge in [0.1, 0.15) is 0 Å². The normalized spacial score (nSPS) is 14.6. The van der Waals surface area contributed by atoms with Crippen LogP contribution in [-0.4, -0.2) is 32.1 Å². The van der Waals surface area contributed by atoms with Crippen LogP contribution in [0.4, 0.5) is 13.2 Å². The molecule has 0 radical (unpaired) electrons. The van der Waals surface area contributed by atoms with E-state index in [2.05, 4.69) is 5.10 Å². The molecule has 0 aliphatic rings. The number of aromatic nitrogens is 2. The summed E-state index contributed by atoms with van der Waals surface area (Å²) in [5, 5.41) is 22.6. The van der Waals surface area contributed by atoms with E-state index in [1.807, 2.05) is 0 Å². The Morgan fingerprint density at radius 2 is 1.86 bits per heavy atom. The highest BCUT2D eigenvalue weighted by Gasteiger charge is 2.52. The van der Waals surface area contributed by atoms with Crippen molar-refractivity contribution >= 4 is 5.97 Å². The Morgan fingerprint density at radius 1 is 1.27 bits per heavy atom. The van der Waals surface area contributed by atoms with Crippen molar-refractivity contribution in [2.24, 2.45) is 0 Å². The van der Waals surface area contributed by atoms with Crippen LogP contribution in [0.3, 0.4) is 0 Å². The number of carboxylic acid groups (broad SMARTS) is 1. The highest BCUT2D eigenvalue weighted by atomic mass is 19.4. The Balaban J connectivity index is 2.67. The minimum Gasteiger partial charge on any atom is -0.476 e. The second kappa shape index (κ2) is 5.13. The standard InChI is InChI=1S/C14H13F3N2O3/c1-8-7-10(12(20)21)18-19(8)11-6-4-3-5-9(11)13(2,22)14(15,16)17/h3-7,22H,1-2H3,(H,20,21). The molecule has 1 heterocycles. The first-order chi connectivity index (χ1) is 10.1. The molecular weight excluding hydrogens is 301 g/mol. The monoisotopic (exact) mass is 314 g/mol. The quantitative estimate of drug-likeness (QED) is 0.913. The van der Waals surface area contributed by atoms with Crippen molar-refractivity contribution in [3.63, 3.8) is 0 Å². The molecule has 1 aromatic carbocycles. The number of benzene rings is 1. The molecule has 0 amide bonds. The van der Waals surface area contributed by atoms with Gasteiger partial charge in [-0.2, -0.15) is 18.3 Å². The first kappa shape index (κ1) is 16.0. The molecule has 0 aliphatic carbocycles. The fourth-order valence-corrected chi connectivity index (χ4v) is 2.05. The third-order valence-electron chi connectivity index (χ3n) is 3.32. The maximum atomic E-state index is 13.1. The highest BCUT2D eigenvalue weighted by molar-refractivity contribution is 5.85. The van der Waals surface area contributed by atoms with Crippen molar-refractivity contribution in [1.29, 1.82) is 0 Å². The van der Waals surface area contributed by atoms with Crippen molar-refractivity contribution in [3.8, 4) is 5.69 Å². The largest absolute Gasteiger partial charge is 0.476 e. The number of carboxylic acids is 1. The van der Waals surface area contributed by atoms with Crippen molar-refractivity contribution in [2.75, 3.05) is 0 Å². The van der Waals surface area contributed by atoms with Crippen molar-refractivity contribution in [2.45, 2.75) is 25.6 Å². The molecule has 118 valence electrons. The highest BCUT2D eigenvalue weighted by Crippen LogP contribution is 2.40. The van der Waals surface area contributed by atoms with Crippen molar-refractivity contribution < 1.29 is 28.2 Å². The van der Waals surface area contributed by atoms with E-state index in [0.717, 1.165) is 10.7 Å². The maximum Gasteiger partial charge on any atom is 0.421 e. The molecule has 0 bridgehead atoms. The topological polar surface area (TPSA) is 75.3 Å². The first-order valence-corrected chi connectivity index (χ1v) is 6.24. The summed E-state index contributed by atoms with van der Waals surface area (Å²) in [4.78, 5) is 10.9. The number of hydrogen-bond acceptors (Lipinski definition) is 3. The summed E-state index contributed by atoms with van der Waals surface area (Å²) in [5.74, 6) is -1.29. The van der Waals surface area contributed by atoms with Gasteiger partial charge in [-0.15, -0.1) is 0 Å². The number of rotatable bonds is 3. The Morgan fingerprint density at radius 3 is 2.36 bits per heavy atom. The summed E-state index contributed by atoms with van der Waals surface area (Å²) < 4.78 is 40.3. The van der Waals surface area contributed by atoms with Gasteiger partial charge in [0.05, 0.1) is 5.69 Å². The number of aryl methyl sites for hydroxylation is 1. The number of aliphatic hydroxyl groups is 1. The molecule has 22 heavy (non-hydrogen) atoms. The molecule has 1 unspecified atom stereocenters. The van der Waals surface area contributed by atoms with Gasteiger partial charge >= 0.3 is 12.1 Å². The second-order valence-electron chi connectivity index (χ2n) is 4.98. The summed E-state index contributed by atoms with van der Waals surface area (Å²) >= 11 is 0. The summed E-state index contributed by atoms with van der Waals surface area (Å²) in [5.41, 5.74) is -3.49. The van der Waals surface area contributed by atoms with Gasteiger partial charge in [-0.05, 0) is 26.0 Å². The van der Waals surface area contributed by atoms with Gasteiger partial charge in [0, 0.05) is 11.3 Å². The smallest absolute Gasteiger partial charge is 0.421 e. The van der Waals surface area contributed by atoms with E-state index in [-0.39, 0.29) is 11.4 Å². The van der Waals surface area contributed by atoms with Crippen LogP contribution in [0.5, 0.6) is 0 Å². The molecule has 2 rings (SSSR count). The lowest BCUT2D eigenvalue weighted by Crippen LogP contribution is -2.40. The van der Waals surface area contributed by atoms with Gasteiger partial charge in [-0.1, -0.05) is 18.2 Å². The van der Waals surface area contributed by atoms with E-state index >= 15 is 0 Å². The van der Waals surface area contributed by atoms with E-state index in [0.29, 0.717) is 12.6 Å². The third kappa shape index (κ3) is 2.57. The molecule has 0 fully saturated rings. The molecule has 2 aromatic rings. The summed E-state index contributed by atoms with van der Waals surface area (Å²) in [6.45, 7) is 2.15. The molecule has 0 saturated carbocycles. The molecule has 5 nitrogen and oxygen atoms in total. The van der Waals surface area contributed by atoms with Gasteiger partial charge < -0.3 is 10.2 Å². The zero-order chi connectivity index (χ0) is 16.7. The van der Waals surface area contributed by atoms with Gasteiger partial charge in [0.2, 0.25) is 0 Å². The van der Waals surface area contributed by atoms with Gasteiger partial charge in [0.25, 0.3) is 0 Å². The van der Waals surface area contributed by atoms with Crippen LogP contribution in [0.25, 0.3) is 5.69 Å². The number of para-hydroxylation sites is 1. The van der Waals surface area contributed by atoms with Crippen molar-refractivity contribution in [1.82, 2.24) is 9.78 Å². The van der Waals surface area contributed by atoms with Gasteiger partial charge in [0.15, 0.2) is 11.3 Å². The fraction of sp³-hybridized carbons (Fsp3) is 0.286. The molecule has 2 N–H and O–H groups in total. The van der Waals surface area contributed by atoms with E-state index in [1.165, 1.54) is 31.2 Å². The first-order valence-electron chi connectivity index (χ1n) is 6.24. The maximum absolute atomic E-state index is 13.1.